The highest BCUT2D eigenvalue weighted by atomic mass is 19.1. The van der Waals surface area contributed by atoms with Crippen molar-refractivity contribution in [2.45, 2.75) is 18.6 Å². The summed E-state index contributed by atoms with van der Waals surface area (Å²) in [6.07, 6.45) is -0.817. The number of hydrogen-bond acceptors (Lipinski definition) is 4. The summed E-state index contributed by atoms with van der Waals surface area (Å²) < 4.78 is 32.5. The lowest BCUT2D eigenvalue weighted by Gasteiger charge is -2.24. The Morgan fingerprint density at radius 1 is 1.21 bits per heavy atom. The minimum atomic E-state index is -0.882. The van der Waals surface area contributed by atoms with Crippen LogP contribution < -0.4 is 5.73 Å². The number of rotatable bonds is 3. The zero-order valence-electron chi connectivity index (χ0n) is 12.4. The molecule has 1 aliphatic heterocycles. The van der Waals surface area contributed by atoms with Gasteiger partial charge in [0.05, 0.1) is 12.1 Å². The number of likely N-dealkylation sites (tertiary alicyclic amines) is 1. The summed E-state index contributed by atoms with van der Waals surface area (Å²) in [5.74, 6) is -3.15. The lowest BCUT2D eigenvalue weighted by atomic mass is 10.0. The third kappa shape index (κ3) is 2.88. The Labute approximate surface area is 135 Å². The lowest BCUT2D eigenvalue weighted by molar-refractivity contribution is 0.0679. The smallest absolute Gasteiger partial charge is 0.290 e. The Bertz CT molecular complexity index is 805. The van der Waals surface area contributed by atoms with Gasteiger partial charge < -0.3 is 20.2 Å². The van der Waals surface area contributed by atoms with Crippen molar-refractivity contribution in [3.63, 3.8) is 0 Å². The SMILES string of the molecule is NC(=O)c1ccc(C(=O)N2C[C@@H](O)C[C@@H]2c2cc(F)ccc2F)o1. The van der Waals surface area contributed by atoms with Crippen LogP contribution in [0.25, 0.3) is 0 Å². The van der Waals surface area contributed by atoms with E-state index in [-0.39, 0.29) is 30.0 Å². The summed E-state index contributed by atoms with van der Waals surface area (Å²) in [7, 11) is 0. The molecule has 2 aromatic rings. The molecule has 0 saturated carbocycles. The van der Waals surface area contributed by atoms with Crippen LogP contribution in [-0.2, 0) is 0 Å². The van der Waals surface area contributed by atoms with Gasteiger partial charge in [0, 0.05) is 12.1 Å². The number of halogens is 2. The largest absolute Gasteiger partial charge is 0.446 e. The second-order valence-electron chi connectivity index (χ2n) is 5.56. The molecule has 0 bridgehead atoms. The van der Waals surface area contributed by atoms with E-state index >= 15 is 0 Å². The van der Waals surface area contributed by atoms with E-state index in [1.165, 1.54) is 17.0 Å². The number of carbonyl (C=O) groups is 2. The van der Waals surface area contributed by atoms with Crippen molar-refractivity contribution < 1.29 is 27.9 Å². The maximum Gasteiger partial charge on any atom is 0.290 e. The van der Waals surface area contributed by atoms with E-state index in [1.54, 1.807) is 0 Å². The maximum atomic E-state index is 14.0. The molecule has 2 amide bonds. The summed E-state index contributed by atoms with van der Waals surface area (Å²) in [5.41, 5.74) is 5.04. The zero-order chi connectivity index (χ0) is 17.4. The van der Waals surface area contributed by atoms with E-state index in [2.05, 4.69) is 0 Å². The third-order valence-electron chi connectivity index (χ3n) is 3.92. The van der Waals surface area contributed by atoms with Gasteiger partial charge in [-0.1, -0.05) is 0 Å². The van der Waals surface area contributed by atoms with Crippen LogP contribution in [0.1, 0.15) is 39.1 Å². The van der Waals surface area contributed by atoms with Crippen LogP contribution in [0.3, 0.4) is 0 Å². The Balaban J connectivity index is 1.93. The minimum Gasteiger partial charge on any atom is -0.446 e. The van der Waals surface area contributed by atoms with Crippen molar-refractivity contribution in [2.75, 3.05) is 6.54 Å². The molecule has 1 aliphatic rings. The van der Waals surface area contributed by atoms with Crippen LogP contribution in [-0.4, -0.2) is 34.5 Å². The van der Waals surface area contributed by atoms with Crippen molar-refractivity contribution in [2.24, 2.45) is 5.73 Å². The number of primary amides is 1. The highest BCUT2D eigenvalue weighted by molar-refractivity contribution is 5.95. The van der Waals surface area contributed by atoms with Crippen LogP contribution in [0.5, 0.6) is 0 Å². The van der Waals surface area contributed by atoms with E-state index in [0.29, 0.717) is 0 Å². The number of amides is 2. The number of hydrogen-bond donors (Lipinski definition) is 2. The average Bonchev–Trinajstić information content (AvgIpc) is 3.16. The quantitative estimate of drug-likeness (QED) is 0.890. The van der Waals surface area contributed by atoms with Crippen molar-refractivity contribution in [1.29, 1.82) is 0 Å². The molecule has 0 spiro atoms. The molecule has 0 unspecified atom stereocenters. The van der Waals surface area contributed by atoms with Gasteiger partial charge in [0.1, 0.15) is 11.6 Å². The van der Waals surface area contributed by atoms with Gasteiger partial charge in [-0.05, 0) is 36.8 Å². The number of β-amino-alcohol motifs (C(OH)–C–C–N with tert-alkyl or cyclic N) is 1. The summed E-state index contributed by atoms with van der Waals surface area (Å²) in [5, 5.41) is 9.87. The van der Waals surface area contributed by atoms with Gasteiger partial charge in [-0.2, -0.15) is 0 Å². The van der Waals surface area contributed by atoms with Crippen LogP contribution >= 0.6 is 0 Å². The van der Waals surface area contributed by atoms with Gasteiger partial charge in [-0.25, -0.2) is 8.78 Å². The molecule has 2 heterocycles. The normalized spacial score (nSPS) is 20.4. The van der Waals surface area contributed by atoms with Crippen LogP contribution in [0.4, 0.5) is 8.78 Å². The first-order chi connectivity index (χ1) is 11.4. The number of nitrogens with two attached hydrogens (primary N) is 1. The number of aliphatic hydroxyl groups excluding tert-OH is 1. The molecule has 8 heteroatoms. The molecule has 2 atom stereocenters. The minimum absolute atomic E-state index is 0.0263. The molecule has 1 saturated heterocycles. The van der Waals surface area contributed by atoms with Gasteiger partial charge in [-0.15, -0.1) is 0 Å². The molecule has 3 rings (SSSR count). The van der Waals surface area contributed by atoms with Crippen molar-refractivity contribution >= 4 is 11.8 Å². The fourth-order valence-corrected chi connectivity index (χ4v) is 2.83. The maximum absolute atomic E-state index is 14.0. The number of carbonyl (C=O) groups excluding carboxylic acids is 2. The molecule has 1 aromatic heterocycles. The molecule has 6 nitrogen and oxygen atoms in total. The first kappa shape index (κ1) is 16.1. The fraction of sp³-hybridized carbons (Fsp3) is 0.250. The van der Waals surface area contributed by atoms with Crippen LogP contribution in [0.15, 0.2) is 34.7 Å². The van der Waals surface area contributed by atoms with E-state index in [4.69, 9.17) is 10.2 Å². The van der Waals surface area contributed by atoms with Crippen LogP contribution in [0.2, 0.25) is 0 Å². The number of aliphatic hydroxyl groups is 1. The summed E-state index contributed by atoms with van der Waals surface area (Å²) >= 11 is 0. The van der Waals surface area contributed by atoms with E-state index < -0.39 is 35.6 Å². The monoisotopic (exact) mass is 336 g/mol. The fourth-order valence-electron chi connectivity index (χ4n) is 2.83. The van der Waals surface area contributed by atoms with Crippen molar-refractivity contribution in [3.8, 4) is 0 Å². The number of nitrogens with zero attached hydrogens (tertiary/aromatic N) is 1. The van der Waals surface area contributed by atoms with Crippen molar-refractivity contribution in [3.05, 3.63) is 59.1 Å². The Morgan fingerprint density at radius 3 is 2.58 bits per heavy atom. The summed E-state index contributed by atoms with van der Waals surface area (Å²) in [6.45, 7) is -0.0634. The van der Waals surface area contributed by atoms with Crippen molar-refractivity contribution in [1.82, 2.24) is 4.90 Å². The molecule has 0 aliphatic carbocycles. The van der Waals surface area contributed by atoms with Gasteiger partial charge in [-0.3, -0.25) is 9.59 Å². The summed E-state index contributed by atoms with van der Waals surface area (Å²) in [6, 6.07) is 4.62. The zero-order valence-corrected chi connectivity index (χ0v) is 12.4. The Hall–Kier alpha value is -2.74. The lowest BCUT2D eigenvalue weighted by Crippen LogP contribution is -2.32. The standard InChI is InChI=1S/C16H14F2N2O4/c17-8-1-2-11(18)10(5-8)12-6-9(21)7-20(12)16(23)14-4-3-13(24-14)15(19)22/h1-5,9,12,21H,6-7H2,(H2,19,22)/t9-,12+/m0/s1. The first-order valence-electron chi connectivity index (χ1n) is 7.20. The number of furan rings is 1. The second-order valence-corrected chi connectivity index (χ2v) is 5.56. The van der Waals surface area contributed by atoms with Crippen LogP contribution in [0, 0.1) is 11.6 Å². The van der Waals surface area contributed by atoms with E-state index in [1.807, 2.05) is 0 Å². The highest BCUT2D eigenvalue weighted by Gasteiger charge is 2.38. The predicted molar refractivity (Wildman–Crippen MR) is 78.0 cm³/mol. The Kier molecular flexibility index (Phi) is 4.06. The second kappa shape index (κ2) is 6.04. The molecular formula is C16H14F2N2O4. The predicted octanol–water partition coefficient (Wildman–Crippen LogP) is 1.60. The van der Waals surface area contributed by atoms with E-state index in [9.17, 15) is 23.5 Å². The molecular weight excluding hydrogens is 322 g/mol. The van der Waals surface area contributed by atoms with E-state index in [0.717, 1.165) is 18.2 Å². The molecule has 126 valence electrons. The highest BCUT2D eigenvalue weighted by Crippen LogP contribution is 2.35. The molecule has 0 radical (unpaired) electrons. The van der Waals surface area contributed by atoms with Gasteiger partial charge in [0.2, 0.25) is 0 Å². The van der Waals surface area contributed by atoms with Gasteiger partial charge in [0.15, 0.2) is 11.5 Å². The molecule has 1 fully saturated rings. The topological polar surface area (TPSA) is 96.8 Å². The Morgan fingerprint density at radius 2 is 1.92 bits per heavy atom. The molecule has 1 aromatic carbocycles. The molecule has 3 N–H and O–H groups in total. The van der Waals surface area contributed by atoms with Gasteiger partial charge >= 0.3 is 0 Å². The third-order valence-corrected chi connectivity index (χ3v) is 3.92. The van der Waals surface area contributed by atoms with Gasteiger partial charge in [0.25, 0.3) is 11.8 Å². The molecule has 24 heavy (non-hydrogen) atoms. The average molecular weight is 336 g/mol. The number of benzene rings is 1. The first-order valence-corrected chi connectivity index (χ1v) is 7.20. The summed E-state index contributed by atoms with van der Waals surface area (Å²) in [4.78, 5) is 24.8.